The van der Waals surface area contributed by atoms with Crippen molar-refractivity contribution >= 4 is 21.7 Å². The first-order valence-electron chi connectivity index (χ1n) is 10.2. The van der Waals surface area contributed by atoms with Crippen molar-refractivity contribution in [2.75, 3.05) is 20.2 Å². The number of sulfonamides is 1. The number of nitrogens with one attached hydrogen (secondary N) is 1. The fraction of sp³-hybridized carbons (Fsp3) is 0.391. The van der Waals surface area contributed by atoms with E-state index in [0.29, 0.717) is 37.2 Å². The van der Waals surface area contributed by atoms with Crippen LogP contribution >= 0.6 is 0 Å². The quantitative estimate of drug-likeness (QED) is 0.663. The molecule has 2 aromatic carbocycles. The molecule has 7 nitrogen and oxygen atoms in total. The van der Waals surface area contributed by atoms with Gasteiger partial charge in [-0.3, -0.25) is 9.59 Å². The molecule has 31 heavy (non-hydrogen) atoms. The highest BCUT2D eigenvalue weighted by atomic mass is 32.2. The lowest BCUT2D eigenvalue weighted by Crippen LogP contribution is -2.51. The van der Waals surface area contributed by atoms with Crippen LogP contribution < -0.4 is 10.1 Å². The molecule has 8 heteroatoms. The van der Waals surface area contributed by atoms with Gasteiger partial charge in [0.05, 0.1) is 17.4 Å². The Morgan fingerprint density at radius 3 is 2.52 bits per heavy atom. The van der Waals surface area contributed by atoms with Gasteiger partial charge in [-0.1, -0.05) is 24.3 Å². The number of methoxy groups -OCH3 is 1. The van der Waals surface area contributed by atoms with Gasteiger partial charge in [-0.25, -0.2) is 8.42 Å². The number of carbonyl (C=O) groups is 2. The third-order valence-electron chi connectivity index (χ3n) is 5.70. The van der Waals surface area contributed by atoms with E-state index in [1.165, 1.54) is 35.5 Å². The van der Waals surface area contributed by atoms with Gasteiger partial charge in [0.1, 0.15) is 5.75 Å². The second-order valence-electron chi connectivity index (χ2n) is 8.12. The zero-order valence-electron chi connectivity index (χ0n) is 18.1. The van der Waals surface area contributed by atoms with Gasteiger partial charge in [-0.05, 0) is 56.5 Å². The minimum Gasteiger partial charge on any atom is -0.497 e. The number of hydrogen-bond donors (Lipinski definition) is 1. The summed E-state index contributed by atoms with van der Waals surface area (Å²) in [5, 5.41) is 2.94. The summed E-state index contributed by atoms with van der Waals surface area (Å²) in [5.41, 5.74) is 0.533. The highest BCUT2D eigenvalue weighted by Crippen LogP contribution is 2.33. The number of Topliss-reactive ketones (excluding diaryl/α,β-unsaturated/α-hetero) is 1. The van der Waals surface area contributed by atoms with Crippen LogP contribution in [0.2, 0.25) is 0 Å². The van der Waals surface area contributed by atoms with Gasteiger partial charge in [0.2, 0.25) is 15.9 Å². The van der Waals surface area contributed by atoms with Crippen LogP contribution in [0.15, 0.2) is 53.4 Å². The van der Waals surface area contributed by atoms with Crippen LogP contribution in [0, 0.1) is 5.41 Å². The standard InChI is InChI=1S/C23H28N2O5S/c1-17(26)19-8-10-21(11-9-19)31(28,29)25-13-5-12-23(2,16-25)22(27)24-15-18-6-4-7-20(14-18)30-3/h4,6-11,14H,5,12-13,15-16H2,1-3H3,(H,24,27)/t23-/m1/s1. The zero-order valence-corrected chi connectivity index (χ0v) is 18.9. The fourth-order valence-electron chi connectivity index (χ4n) is 3.77. The predicted molar refractivity (Wildman–Crippen MR) is 117 cm³/mol. The molecule has 0 aromatic heterocycles. The van der Waals surface area contributed by atoms with Crippen LogP contribution in [0.25, 0.3) is 0 Å². The van der Waals surface area contributed by atoms with E-state index >= 15 is 0 Å². The first-order chi connectivity index (χ1) is 14.7. The molecule has 1 saturated heterocycles. The highest BCUT2D eigenvalue weighted by molar-refractivity contribution is 7.89. The topological polar surface area (TPSA) is 92.8 Å². The molecule has 1 heterocycles. The highest BCUT2D eigenvalue weighted by Gasteiger charge is 2.41. The number of benzene rings is 2. The summed E-state index contributed by atoms with van der Waals surface area (Å²) in [6.45, 7) is 4.03. The Morgan fingerprint density at radius 2 is 1.87 bits per heavy atom. The third kappa shape index (κ3) is 5.14. The third-order valence-corrected chi connectivity index (χ3v) is 7.55. The number of piperidine rings is 1. The van der Waals surface area contributed by atoms with E-state index in [4.69, 9.17) is 4.74 Å². The molecule has 0 radical (unpaired) electrons. The molecule has 1 N–H and O–H groups in total. The van der Waals surface area contributed by atoms with Crippen LogP contribution in [-0.4, -0.2) is 44.6 Å². The van der Waals surface area contributed by atoms with Crippen LogP contribution in [0.4, 0.5) is 0 Å². The van der Waals surface area contributed by atoms with Crippen LogP contribution in [-0.2, 0) is 21.4 Å². The lowest BCUT2D eigenvalue weighted by atomic mass is 9.82. The Kier molecular flexibility index (Phi) is 6.81. The van der Waals surface area contributed by atoms with Crippen molar-refractivity contribution in [3.05, 3.63) is 59.7 Å². The van der Waals surface area contributed by atoms with E-state index in [2.05, 4.69) is 5.32 Å². The Labute approximate surface area is 183 Å². The molecule has 1 fully saturated rings. The van der Waals surface area contributed by atoms with Gasteiger partial charge in [0, 0.05) is 25.2 Å². The molecule has 0 unspecified atom stereocenters. The summed E-state index contributed by atoms with van der Waals surface area (Å²) in [6.07, 6.45) is 1.19. The Balaban J connectivity index is 1.71. The maximum Gasteiger partial charge on any atom is 0.243 e. The molecule has 1 amide bonds. The lowest BCUT2D eigenvalue weighted by Gasteiger charge is -2.38. The average molecular weight is 445 g/mol. The number of nitrogens with zero attached hydrogens (tertiary/aromatic N) is 1. The van der Waals surface area contributed by atoms with Gasteiger partial charge in [0.15, 0.2) is 5.78 Å². The van der Waals surface area contributed by atoms with E-state index in [-0.39, 0.29) is 23.1 Å². The lowest BCUT2D eigenvalue weighted by molar-refractivity contribution is -0.132. The molecule has 3 rings (SSSR count). The Hall–Kier alpha value is -2.71. The summed E-state index contributed by atoms with van der Waals surface area (Å²) in [7, 11) is -2.17. The van der Waals surface area contributed by atoms with E-state index < -0.39 is 15.4 Å². The van der Waals surface area contributed by atoms with Crippen molar-refractivity contribution in [1.29, 1.82) is 0 Å². The number of carbonyl (C=O) groups excluding carboxylic acids is 2. The first-order valence-corrected chi connectivity index (χ1v) is 11.6. The van der Waals surface area contributed by atoms with Crippen molar-refractivity contribution in [3.63, 3.8) is 0 Å². The van der Waals surface area contributed by atoms with Crippen molar-refractivity contribution in [2.24, 2.45) is 5.41 Å². The monoisotopic (exact) mass is 444 g/mol. The van der Waals surface area contributed by atoms with Gasteiger partial charge in [-0.2, -0.15) is 4.31 Å². The van der Waals surface area contributed by atoms with E-state index in [9.17, 15) is 18.0 Å². The van der Waals surface area contributed by atoms with E-state index in [1.807, 2.05) is 24.3 Å². The molecular formula is C23H28N2O5S. The number of amides is 1. The molecule has 0 spiro atoms. The molecule has 0 aliphatic carbocycles. The van der Waals surface area contributed by atoms with Gasteiger partial charge in [-0.15, -0.1) is 0 Å². The summed E-state index contributed by atoms with van der Waals surface area (Å²) in [5.74, 6) is 0.410. The van der Waals surface area contributed by atoms with Crippen molar-refractivity contribution in [2.45, 2.75) is 38.1 Å². The maximum atomic E-state index is 13.1. The molecule has 0 bridgehead atoms. The number of ether oxygens (including phenoxy) is 1. The fourth-order valence-corrected chi connectivity index (χ4v) is 5.37. The molecule has 166 valence electrons. The number of ketones is 1. The Bertz CT molecular complexity index is 1070. The van der Waals surface area contributed by atoms with E-state index in [0.717, 1.165) is 5.56 Å². The average Bonchev–Trinajstić information content (AvgIpc) is 2.77. The van der Waals surface area contributed by atoms with Crippen LogP contribution in [0.5, 0.6) is 5.75 Å². The van der Waals surface area contributed by atoms with Crippen molar-refractivity contribution < 1.29 is 22.7 Å². The van der Waals surface area contributed by atoms with Crippen molar-refractivity contribution in [3.8, 4) is 5.75 Å². The van der Waals surface area contributed by atoms with Gasteiger partial charge in [0.25, 0.3) is 0 Å². The Morgan fingerprint density at radius 1 is 1.16 bits per heavy atom. The number of hydrogen-bond acceptors (Lipinski definition) is 5. The molecule has 1 aliphatic heterocycles. The summed E-state index contributed by atoms with van der Waals surface area (Å²) in [6, 6.07) is 13.4. The van der Waals surface area contributed by atoms with E-state index in [1.54, 1.807) is 14.0 Å². The number of rotatable bonds is 7. The molecular weight excluding hydrogens is 416 g/mol. The summed E-state index contributed by atoms with van der Waals surface area (Å²) in [4.78, 5) is 24.6. The molecule has 2 aromatic rings. The summed E-state index contributed by atoms with van der Waals surface area (Å²) < 4.78 is 32.8. The second kappa shape index (κ2) is 9.20. The van der Waals surface area contributed by atoms with Gasteiger partial charge >= 0.3 is 0 Å². The summed E-state index contributed by atoms with van der Waals surface area (Å²) >= 11 is 0. The van der Waals surface area contributed by atoms with Crippen molar-refractivity contribution in [1.82, 2.24) is 9.62 Å². The van der Waals surface area contributed by atoms with Crippen LogP contribution in [0.3, 0.4) is 0 Å². The largest absolute Gasteiger partial charge is 0.497 e. The maximum absolute atomic E-state index is 13.1. The first kappa shape index (κ1) is 23.0. The minimum atomic E-state index is -3.76. The van der Waals surface area contributed by atoms with Gasteiger partial charge < -0.3 is 10.1 Å². The molecule has 1 atom stereocenters. The smallest absolute Gasteiger partial charge is 0.243 e. The second-order valence-corrected chi connectivity index (χ2v) is 10.1. The predicted octanol–water partition coefficient (Wildman–Crippen LogP) is 3.01. The molecule has 1 aliphatic rings. The molecule has 0 saturated carbocycles. The SMILES string of the molecule is COc1cccc(CNC(=O)[C@]2(C)CCCN(S(=O)(=O)c3ccc(C(C)=O)cc3)C2)c1. The van der Waals surface area contributed by atoms with Crippen LogP contribution in [0.1, 0.15) is 42.6 Å². The normalized spacial score (nSPS) is 19.6. The zero-order chi connectivity index (χ0) is 22.6. The minimum absolute atomic E-state index is 0.105.